The molecule has 1 rings (SSSR count). The van der Waals surface area contributed by atoms with E-state index >= 15 is 0 Å². The number of nitrogens with zero attached hydrogens (tertiary/aromatic N) is 2. The van der Waals surface area contributed by atoms with Gasteiger partial charge in [-0.3, -0.25) is 0 Å². The van der Waals surface area contributed by atoms with Crippen LogP contribution in [0.25, 0.3) is 0 Å². The van der Waals surface area contributed by atoms with Crippen molar-refractivity contribution in [3.8, 4) is 0 Å². The molecule has 0 spiro atoms. The molecule has 0 amide bonds. The second-order valence-corrected chi connectivity index (χ2v) is 3.47. The summed E-state index contributed by atoms with van der Waals surface area (Å²) >= 11 is 0. The molecule has 0 aliphatic rings. The van der Waals surface area contributed by atoms with Gasteiger partial charge >= 0.3 is 0 Å². The van der Waals surface area contributed by atoms with Gasteiger partial charge in [-0.2, -0.15) is 0 Å². The van der Waals surface area contributed by atoms with E-state index in [1.165, 1.54) is 0 Å². The third kappa shape index (κ3) is 1.97. The van der Waals surface area contributed by atoms with Crippen molar-refractivity contribution in [3.05, 3.63) is 23.9 Å². The van der Waals surface area contributed by atoms with Gasteiger partial charge in [0.15, 0.2) is 0 Å². The molecule has 12 heavy (non-hydrogen) atoms. The van der Waals surface area contributed by atoms with Crippen molar-refractivity contribution < 1.29 is 0 Å². The molecular weight excluding hydrogens is 148 g/mol. The van der Waals surface area contributed by atoms with Crippen LogP contribution in [0, 0.1) is 0 Å². The Balaban J connectivity index is 2.96. The van der Waals surface area contributed by atoms with Crippen LogP contribution in [-0.4, -0.2) is 19.1 Å². The largest absolute Gasteiger partial charge is 0.363 e. The first-order valence-electron chi connectivity index (χ1n) is 4.25. The van der Waals surface area contributed by atoms with Gasteiger partial charge in [0.2, 0.25) is 0 Å². The fourth-order valence-corrected chi connectivity index (χ4v) is 1.01. The maximum atomic E-state index is 4.50. The summed E-state index contributed by atoms with van der Waals surface area (Å²) in [6.45, 7) is 4.31. The first kappa shape index (κ1) is 9.04. The standard InChI is InChI=1S/C10H16N2/c1-8(2)9-6-5-7-10(11-9)12(3)4/h5-8H,1-4H3. The normalized spacial score (nSPS) is 10.4. The van der Waals surface area contributed by atoms with Gasteiger partial charge in [0.25, 0.3) is 0 Å². The average molecular weight is 164 g/mol. The maximum absolute atomic E-state index is 4.50. The summed E-state index contributed by atoms with van der Waals surface area (Å²) in [4.78, 5) is 6.52. The molecule has 0 saturated heterocycles. The number of hydrogen-bond donors (Lipinski definition) is 0. The zero-order valence-electron chi connectivity index (χ0n) is 8.20. The van der Waals surface area contributed by atoms with Gasteiger partial charge in [-0.05, 0) is 18.1 Å². The summed E-state index contributed by atoms with van der Waals surface area (Å²) in [5, 5.41) is 0. The second-order valence-electron chi connectivity index (χ2n) is 3.47. The molecule has 0 aromatic carbocycles. The lowest BCUT2D eigenvalue weighted by Gasteiger charge is -2.13. The molecule has 1 aromatic heterocycles. The lowest BCUT2D eigenvalue weighted by molar-refractivity contribution is 0.818. The van der Waals surface area contributed by atoms with Gasteiger partial charge < -0.3 is 4.90 Å². The fourth-order valence-electron chi connectivity index (χ4n) is 1.01. The molecule has 0 aliphatic carbocycles. The Kier molecular flexibility index (Phi) is 2.69. The highest BCUT2D eigenvalue weighted by atomic mass is 15.1. The Labute approximate surface area is 74.2 Å². The van der Waals surface area contributed by atoms with E-state index in [0.717, 1.165) is 11.5 Å². The highest BCUT2D eigenvalue weighted by molar-refractivity contribution is 5.37. The number of hydrogen-bond acceptors (Lipinski definition) is 2. The summed E-state index contributed by atoms with van der Waals surface area (Å²) in [6.07, 6.45) is 0. The first-order chi connectivity index (χ1) is 5.61. The molecular formula is C10H16N2. The van der Waals surface area contributed by atoms with Crippen molar-refractivity contribution in [2.75, 3.05) is 19.0 Å². The van der Waals surface area contributed by atoms with Crippen molar-refractivity contribution in [1.82, 2.24) is 4.98 Å². The first-order valence-corrected chi connectivity index (χ1v) is 4.25. The van der Waals surface area contributed by atoms with Crippen LogP contribution in [-0.2, 0) is 0 Å². The Hall–Kier alpha value is -1.05. The molecule has 0 radical (unpaired) electrons. The molecule has 66 valence electrons. The van der Waals surface area contributed by atoms with Gasteiger partial charge in [-0.1, -0.05) is 19.9 Å². The van der Waals surface area contributed by atoms with E-state index in [4.69, 9.17) is 0 Å². The van der Waals surface area contributed by atoms with E-state index < -0.39 is 0 Å². The van der Waals surface area contributed by atoms with E-state index in [-0.39, 0.29) is 0 Å². The van der Waals surface area contributed by atoms with Crippen LogP contribution < -0.4 is 4.90 Å². The quantitative estimate of drug-likeness (QED) is 0.666. The third-order valence-electron chi connectivity index (χ3n) is 1.81. The Bertz CT molecular complexity index is 231. The molecule has 1 heterocycles. The topological polar surface area (TPSA) is 16.1 Å². The molecule has 2 nitrogen and oxygen atoms in total. The summed E-state index contributed by atoms with van der Waals surface area (Å²) in [5.41, 5.74) is 1.15. The smallest absolute Gasteiger partial charge is 0.128 e. The van der Waals surface area contributed by atoms with Gasteiger partial charge in [-0.15, -0.1) is 0 Å². The number of pyridine rings is 1. The summed E-state index contributed by atoms with van der Waals surface area (Å²) in [6, 6.07) is 6.14. The zero-order chi connectivity index (χ0) is 9.14. The fraction of sp³-hybridized carbons (Fsp3) is 0.500. The molecule has 0 saturated carbocycles. The third-order valence-corrected chi connectivity index (χ3v) is 1.81. The predicted octanol–water partition coefficient (Wildman–Crippen LogP) is 2.27. The molecule has 1 aromatic rings. The van der Waals surface area contributed by atoms with Crippen LogP contribution in [0.4, 0.5) is 5.82 Å². The van der Waals surface area contributed by atoms with Gasteiger partial charge in [-0.25, -0.2) is 4.98 Å². The number of aromatic nitrogens is 1. The van der Waals surface area contributed by atoms with E-state index in [9.17, 15) is 0 Å². The summed E-state index contributed by atoms with van der Waals surface area (Å²) in [5.74, 6) is 1.53. The van der Waals surface area contributed by atoms with Crippen LogP contribution in [0.3, 0.4) is 0 Å². The molecule has 0 atom stereocenters. The van der Waals surface area contributed by atoms with E-state index in [1.54, 1.807) is 0 Å². The van der Waals surface area contributed by atoms with Crippen molar-refractivity contribution in [2.24, 2.45) is 0 Å². The van der Waals surface area contributed by atoms with Crippen molar-refractivity contribution >= 4 is 5.82 Å². The lowest BCUT2D eigenvalue weighted by Crippen LogP contribution is -2.11. The number of rotatable bonds is 2. The molecule has 0 unspecified atom stereocenters. The van der Waals surface area contributed by atoms with Crippen LogP contribution in [0.1, 0.15) is 25.5 Å². The predicted molar refractivity (Wildman–Crippen MR) is 52.7 cm³/mol. The van der Waals surface area contributed by atoms with Crippen LogP contribution in [0.5, 0.6) is 0 Å². The monoisotopic (exact) mass is 164 g/mol. The van der Waals surface area contributed by atoms with Gasteiger partial charge in [0.1, 0.15) is 5.82 Å². The van der Waals surface area contributed by atoms with Crippen LogP contribution in [0.2, 0.25) is 0 Å². The van der Waals surface area contributed by atoms with Gasteiger partial charge in [0.05, 0.1) is 0 Å². The molecule has 0 aliphatic heterocycles. The maximum Gasteiger partial charge on any atom is 0.128 e. The molecule has 0 N–H and O–H groups in total. The Morgan fingerprint density at radius 1 is 1.25 bits per heavy atom. The van der Waals surface area contributed by atoms with Crippen LogP contribution in [0.15, 0.2) is 18.2 Å². The zero-order valence-corrected chi connectivity index (χ0v) is 8.20. The van der Waals surface area contributed by atoms with Gasteiger partial charge in [0, 0.05) is 19.8 Å². The molecule has 0 bridgehead atoms. The summed E-state index contributed by atoms with van der Waals surface area (Å²) < 4.78 is 0. The highest BCUT2D eigenvalue weighted by Crippen LogP contribution is 2.14. The summed E-state index contributed by atoms with van der Waals surface area (Å²) in [7, 11) is 4.01. The Morgan fingerprint density at radius 3 is 2.42 bits per heavy atom. The minimum Gasteiger partial charge on any atom is -0.363 e. The average Bonchev–Trinajstić information content (AvgIpc) is 2.04. The van der Waals surface area contributed by atoms with Crippen LogP contribution >= 0.6 is 0 Å². The second kappa shape index (κ2) is 3.57. The van der Waals surface area contributed by atoms with E-state index in [2.05, 4.69) is 31.0 Å². The van der Waals surface area contributed by atoms with Crippen molar-refractivity contribution in [1.29, 1.82) is 0 Å². The van der Waals surface area contributed by atoms with E-state index in [1.807, 2.05) is 25.1 Å². The highest BCUT2D eigenvalue weighted by Gasteiger charge is 2.02. The molecule has 0 fully saturated rings. The minimum absolute atomic E-state index is 0.505. The minimum atomic E-state index is 0.505. The SMILES string of the molecule is CC(C)c1cccc(N(C)C)n1. The number of anilines is 1. The van der Waals surface area contributed by atoms with Crippen molar-refractivity contribution in [2.45, 2.75) is 19.8 Å². The lowest BCUT2D eigenvalue weighted by atomic mass is 10.1. The van der Waals surface area contributed by atoms with Crippen molar-refractivity contribution in [3.63, 3.8) is 0 Å². The molecule has 2 heteroatoms. The Morgan fingerprint density at radius 2 is 1.92 bits per heavy atom. The van der Waals surface area contributed by atoms with E-state index in [0.29, 0.717) is 5.92 Å².